The van der Waals surface area contributed by atoms with E-state index in [4.69, 9.17) is 33.7 Å². The third-order valence-electron chi connectivity index (χ3n) is 3.47. The van der Waals surface area contributed by atoms with Crippen molar-refractivity contribution in [1.29, 1.82) is 0 Å². The molecule has 2 rings (SSSR count). The monoisotopic (exact) mass is 352 g/mol. The van der Waals surface area contributed by atoms with Gasteiger partial charge in [-0.1, -0.05) is 23.2 Å². The Morgan fingerprint density at radius 3 is 2.71 bits per heavy atom. The van der Waals surface area contributed by atoms with Gasteiger partial charge in [0.25, 0.3) is 0 Å². The molecule has 2 N–H and O–H groups in total. The van der Waals surface area contributed by atoms with E-state index < -0.39 is 10.0 Å². The summed E-state index contributed by atoms with van der Waals surface area (Å²) in [6.07, 6.45) is 1.74. The first-order valence-corrected chi connectivity index (χ1v) is 8.81. The van der Waals surface area contributed by atoms with Crippen molar-refractivity contribution in [2.45, 2.75) is 30.4 Å². The second-order valence-corrected chi connectivity index (χ2v) is 7.83. The van der Waals surface area contributed by atoms with Crippen LogP contribution < -0.4 is 5.73 Å². The highest BCUT2D eigenvalue weighted by atomic mass is 35.5. The summed E-state index contributed by atoms with van der Waals surface area (Å²) in [5, 5.41) is 0.421. The maximum absolute atomic E-state index is 12.6. The van der Waals surface area contributed by atoms with E-state index in [9.17, 15) is 8.42 Å². The predicted octanol–water partition coefficient (Wildman–Crippen LogP) is 2.25. The Labute approximate surface area is 135 Å². The van der Waals surface area contributed by atoms with Crippen LogP contribution in [0.1, 0.15) is 18.4 Å². The number of benzene rings is 1. The lowest BCUT2D eigenvalue weighted by Gasteiger charge is -2.21. The summed E-state index contributed by atoms with van der Waals surface area (Å²) >= 11 is 12.1. The van der Waals surface area contributed by atoms with Gasteiger partial charge in [-0.05, 0) is 30.5 Å². The molecule has 0 radical (unpaired) electrons. The number of hydrogen-bond acceptors (Lipinski definition) is 4. The molecule has 8 heteroatoms. The molecule has 0 aromatic heterocycles. The molecule has 0 amide bonds. The molecule has 1 unspecified atom stereocenters. The van der Waals surface area contributed by atoms with Crippen LogP contribution in [0, 0.1) is 0 Å². The molecule has 0 saturated carbocycles. The molecule has 21 heavy (non-hydrogen) atoms. The van der Waals surface area contributed by atoms with Gasteiger partial charge in [-0.3, -0.25) is 0 Å². The van der Waals surface area contributed by atoms with Crippen molar-refractivity contribution in [2.24, 2.45) is 5.73 Å². The molecule has 1 aromatic carbocycles. The first-order chi connectivity index (χ1) is 9.86. The highest BCUT2D eigenvalue weighted by Crippen LogP contribution is 2.31. The average Bonchev–Trinajstić information content (AvgIpc) is 2.93. The summed E-state index contributed by atoms with van der Waals surface area (Å²) in [6, 6.07) is 2.92. The van der Waals surface area contributed by atoms with Gasteiger partial charge >= 0.3 is 0 Å². The smallest absolute Gasteiger partial charge is 0.244 e. The van der Waals surface area contributed by atoms with Crippen molar-refractivity contribution in [3.05, 3.63) is 27.7 Å². The Balaban J connectivity index is 2.32. The average molecular weight is 353 g/mol. The largest absolute Gasteiger partial charge is 0.377 e. The fourth-order valence-electron chi connectivity index (χ4n) is 2.30. The first kappa shape index (κ1) is 17.0. The van der Waals surface area contributed by atoms with Crippen LogP contribution in [0.15, 0.2) is 17.0 Å². The lowest BCUT2D eigenvalue weighted by Crippen LogP contribution is -2.34. The highest BCUT2D eigenvalue weighted by Gasteiger charge is 2.28. The Hall–Kier alpha value is -0.370. The first-order valence-electron chi connectivity index (χ1n) is 6.62. The molecule has 1 saturated heterocycles. The standard InChI is InChI=1S/C13H18Cl2N2O3S/c1-17(8-11-3-2-4-20-11)21(18,19)12-6-10(14)5-9(7-16)13(12)15/h5-6,11H,2-4,7-8,16H2,1H3. The molecule has 1 heterocycles. The van der Waals surface area contributed by atoms with Gasteiger partial charge < -0.3 is 10.5 Å². The fraction of sp³-hybridized carbons (Fsp3) is 0.538. The molecule has 0 spiro atoms. The van der Waals surface area contributed by atoms with Gasteiger partial charge in [0.15, 0.2) is 0 Å². The molecule has 1 aliphatic heterocycles. The zero-order valence-electron chi connectivity index (χ0n) is 11.7. The second kappa shape index (κ2) is 6.81. The van der Waals surface area contributed by atoms with E-state index in [-0.39, 0.29) is 22.6 Å². The maximum Gasteiger partial charge on any atom is 0.244 e. The molecule has 5 nitrogen and oxygen atoms in total. The molecular weight excluding hydrogens is 335 g/mol. The molecule has 0 aliphatic carbocycles. The van der Waals surface area contributed by atoms with E-state index in [1.54, 1.807) is 6.07 Å². The third kappa shape index (κ3) is 3.70. The summed E-state index contributed by atoms with van der Waals surface area (Å²) in [7, 11) is -2.22. The van der Waals surface area contributed by atoms with Gasteiger partial charge in [0.2, 0.25) is 10.0 Å². The van der Waals surface area contributed by atoms with Crippen LogP contribution in [0.3, 0.4) is 0 Å². The summed E-state index contributed by atoms with van der Waals surface area (Å²) in [6.45, 7) is 1.09. The quantitative estimate of drug-likeness (QED) is 0.881. The molecule has 1 aromatic rings. The zero-order valence-corrected chi connectivity index (χ0v) is 14.0. The van der Waals surface area contributed by atoms with Crippen LogP contribution in [-0.2, 0) is 21.3 Å². The van der Waals surface area contributed by atoms with E-state index in [1.807, 2.05) is 0 Å². The van der Waals surface area contributed by atoms with Gasteiger partial charge in [0.1, 0.15) is 4.90 Å². The molecule has 118 valence electrons. The summed E-state index contributed by atoms with van der Waals surface area (Å²) in [5.41, 5.74) is 6.08. The van der Waals surface area contributed by atoms with E-state index in [0.717, 1.165) is 12.8 Å². The number of sulfonamides is 1. The minimum Gasteiger partial charge on any atom is -0.377 e. The second-order valence-electron chi connectivity index (χ2n) is 5.00. The molecular formula is C13H18Cl2N2O3S. The SMILES string of the molecule is CN(CC1CCCO1)S(=O)(=O)c1cc(Cl)cc(CN)c1Cl. The molecule has 1 fully saturated rings. The Bertz CT molecular complexity index is 616. The fourth-order valence-corrected chi connectivity index (χ4v) is 4.41. The number of nitrogens with two attached hydrogens (primary N) is 1. The van der Waals surface area contributed by atoms with Crippen molar-refractivity contribution in [1.82, 2.24) is 4.31 Å². The Morgan fingerprint density at radius 2 is 2.14 bits per heavy atom. The van der Waals surface area contributed by atoms with Gasteiger partial charge in [0.05, 0.1) is 11.1 Å². The number of ether oxygens (including phenoxy) is 1. The summed E-state index contributed by atoms with van der Waals surface area (Å²) in [4.78, 5) is -0.0161. The van der Waals surface area contributed by atoms with Crippen molar-refractivity contribution in [3.63, 3.8) is 0 Å². The highest BCUT2D eigenvalue weighted by molar-refractivity contribution is 7.89. The predicted molar refractivity (Wildman–Crippen MR) is 83.1 cm³/mol. The van der Waals surface area contributed by atoms with Crippen LogP contribution in [0.25, 0.3) is 0 Å². The van der Waals surface area contributed by atoms with E-state index in [2.05, 4.69) is 0 Å². The summed E-state index contributed by atoms with van der Waals surface area (Å²) in [5.74, 6) is 0. The minimum absolute atomic E-state index is 0.0161. The van der Waals surface area contributed by atoms with Crippen molar-refractivity contribution in [2.75, 3.05) is 20.2 Å². The molecule has 0 bridgehead atoms. The third-order valence-corrected chi connectivity index (χ3v) is 6.10. The topological polar surface area (TPSA) is 72.6 Å². The van der Waals surface area contributed by atoms with Crippen molar-refractivity contribution < 1.29 is 13.2 Å². The van der Waals surface area contributed by atoms with Crippen LogP contribution >= 0.6 is 23.2 Å². The molecule has 1 aliphatic rings. The normalized spacial score (nSPS) is 19.4. The van der Waals surface area contributed by atoms with Gasteiger partial charge in [-0.25, -0.2) is 8.42 Å². The minimum atomic E-state index is -3.73. The summed E-state index contributed by atoms with van der Waals surface area (Å²) < 4.78 is 32.0. The van der Waals surface area contributed by atoms with Crippen LogP contribution in [0.5, 0.6) is 0 Å². The van der Waals surface area contributed by atoms with Crippen LogP contribution in [0.4, 0.5) is 0 Å². The lowest BCUT2D eigenvalue weighted by atomic mass is 10.2. The Kier molecular flexibility index (Phi) is 5.51. The molecule has 1 atom stereocenters. The lowest BCUT2D eigenvalue weighted by molar-refractivity contribution is 0.0979. The number of hydrogen-bond donors (Lipinski definition) is 1. The van der Waals surface area contributed by atoms with Crippen LogP contribution in [0.2, 0.25) is 10.0 Å². The van der Waals surface area contributed by atoms with Gasteiger partial charge in [-0.2, -0.15) is 4.31 Å². The van der Waals surface area contributed by atoms with Crippen molar-refractivity contribution >= 4 is 33.2 Å². The zero-order chi connectivity index (χ0) is 15.6. The van der Waals surface area contributed by atoms with E-state index >= 15 is 0 Å². The number of nitrogens with zero attached hydrogens (tertiary/aromatic N) is 1. The Morgan fingerprint density at radius 1 is 1.43 bits per heavy atom. The van der Waals surface area contributed by atoms with Gasteiger partial charge in [0, 0.05) is 31.8 Å². The number of rotatable bonds is 5. The van der Waals surface area contributed by atoms with Crippen molar-refractivity contribution in [3.8, 4) is 0 Å². The maximum atomic E-state index is 12.6. The van der Waals surface area contributed by atoms with E-state index in [0.29, 0.717) is 23.7 Å². The van der Waals surface area contributed by atoms with Crippen LogP contribution in [-0.4, -0.2) is 39.0 Å². The van der Waals surface area contributed by atoms with Gasteiger partial charge in [-0.15, -0.1) is 0 Å². The van der Waals surface area contributed by atoms with E-state index in [1.165, 1.54) is 17.4 Å². The number of halogens is 2. The number of likely N-dealkylation sites (N-methyl/N-ethyl adjacent to an activating group) is 1.